The summed E-state index contributed by atoms with van der Waals surface area (Å²) >= 11 is 2.24. The fourth-order valence-electron chi connectivity index (χ4n) is 2.30. The molecular formula is C16H6F6N2S4. The largest absolute Gasteiger partial charge is 0.416 e. The van der Waals surface area contributed by atoms with Crippen LogP contribution in [0.3, 0.4) is 0 Å². The number of aromatic nitrogens is 2. The maximum Gasteiger partial charge on any atom is 0.416 e. The first kappa shape index (κ1) is 19.8. The van der Waals surface area contributed by atoms with Gasteiger partial charge in [-0.25, -0.2) is 9.97 Å². The van der Waals surface area contributed by atoms with E-state index in [4.69, 9.17) is 0 Å². The van der Waals surface area contributed by atoms with E-state index >= 15 is 0 Å². The number of hydrogen-bond acceptors (Lipinski definition) is 6. The van der Waals surface area contributed by atoms with Gasteiger partial charge in [0.2, 0.25) is 0 Å². The van der Waals surface area contributed by atoms with E-state index < -0.39 is 23.5 Å². The third-order valence-electron chi connectivity index (χ3n) is 3.58. The zero-order chi connectivity index (χ0) is 20.1. The molecule has 4 aromatic rings. The van der Waals surface area contributed by atoms with Crippen LogP contribution in [0.25, 0.3) is 20.4 Å². The van der Waals surface area contributed by atoms with Gasteiger partial charge in [-0.3, -0.25) is 0 Å². The summed E-state index contributed by atoms with van der Waals surface area (Å²) in [5, 5.41) is 0. The van der Waals surface area contributed by atoms with E-state index in [0.29, 0.717) is 29.1 Å². The molecule has 0 bridgehead atoms. The molecule has 0 aliphatic carbocycles. The summed E-state index contributed by atoms with van der Waals surface area (Å²) in [6, 6.07) is 6.71. The van der Waals surface area contributed by atoms with Crippen molar-refractivity contribution in [1.82, 2.24) is 9.97 Å². The molecule has 0 radical (unpaired) electrons. The number of fused-ring (bicyclic) bond motifs is 2. The van der Waals surface area contributed by atoms with E-state index in [1.54, 1.807) is 0 Å². The fraction of sp³-hybridized carbons (Fsp3) is 0.125. The molecule has 0 fully saturated rings. The molecule has 2 aromatic heterocycles. The zero-order valence-corrected chi connectivity index (χ0v) is 16.5. The van der Waals surface area contributed by atoms with Crippen LogP contribution < -0.4 is 0 Å². The van der Waals surface area contributed by atoms with Crippen LogP contribution >= 0.6 is 44.3 Å². The number of nitrogens with zero attached hydrogens (tertiary/aromatic N) is 2. The first-order chi connectivity index (χ1) is 13.1. The van der Waals surface area contributed by atoms with Gasteiger partial charge in [0.15, 0.2) is 8.68 Å². The van der Waals surface area contributed by atoms with Crippen molar-refractivity contribution in [2.75, 3.05) is 0 Å². The van der Waals surface area contributed by atoms with Crippen molar-refractivity contribution in [3.8, 4) is 0 Å². The molecule has 0 atom stereocenters. The minimum Gasteiger partial charge on any atom is -0.229 e. The van der Waals surface area contributed by atoms with Crippen molar-refractivity contribution in [3.63, 3.8) is 0 Å². The summed E-state index contributed by atoms with van der Waals surface area (Å²) in [7, 11) is 2.41. The molecule has 2 aromatic carbocycles. The Bertz CT molecular complexity index is 1070. The lowest BCUT2D eigenvalue weighted by Crippen LogP contribution is -2.03. The van der Waals surface area contributed by atoms with Crippen LogP contribution in [0.4, 0.5) is 26.3 Å². The van der Waals surface area contributed by atoms with Crippen LogP contribution in [0.15, 0.2) is 45.1 Å². The van der Waals surface area contributed by atoms with Gasteiger partial charge in [0.1, 0.15) is 0 Å². The Kier molecular flexibility index (Phi) is 5.01. The Balaban J connectivity index is 1.54. The quantitative estimate of drug-likeness (QED) is 0.227. The van der Waals surface area contributed by atoms with Gasteiger partial charge in [0.25, 0.3) is 0 Å². The van der Waals surface area contributed by atoms with Gasteiger partial charge in [-0.15, -0.1) is 22.7 Å². The summed E-state index contributed by atoms with van der Waals surface area (Å²) in [6.45, 7) is 0. The highest BCUT2D eigenvalue weighted by molar-refractivity contribution is 8.77. The van der Waals surface area contributed by atoms with Crippen LogP contribution in [0.1, 0.15) is 11.1 Å². The highest BCUT2D eigenvalue weighted by Crippen LogP contribution is 2.44. The monoisotopic (exact) mass is 468 g/mol. The van der Waals surface area contributed by atoms with E-state index in [2.05, 4.69) is 9.97 Å². The fourth-order valence-corrected chi connectivity index (χ4v) is 6.88. The topological polar surface area (TPSA) is 25.8 Å². The van der Waals surface area contributed by atoms with Crippen molar-refractivity contribution in [2.24, 2.45) is 0 Å². The molecule has 0 aliphatic rings. The third-order valence-corrected chi connectivity index (χ3v) is 8.58. The zero-order valence-electron chi connectivity index (χ0n) is 13.3. The summed E-state index contributed by atoms with van der Waals surface area (Å²) < 4.78 is 78.7. The summed E-state index contributed by atoms with van der Waals surface area (Å²) in [4.78, 5) is 8.55. The predicted octanol–water partition coefficient (Wildman–Crippen LogP) is 7.74. The first-order valence-corrected chi connectivity index (χ1v) is 11.2. The highest BCUT2D eigenvalue weighted by atomic mass is 33.1. The Morgan fingerprint density at radius 2 is 1.04 bits per heavy atom. The van der Waals surface area contributed by atoms with E-state index in [9.17, 15) is 26.3 Å². The van der Waals surface area contributed by atoms with Crippen LogP contribution in [0.5, 0.6) is 0 Å². The number of alkyl halides is 6. The smallest absolute Gasteiger partial charge is 0.229 e. The van der Waals surface area contributed by atoms with Gasteiger partial charge in [-0.05, 0) is 58.0 Å². The highest BCUT2D eigenvalue weighted by Gasteiger charge is 2.31. The molecule has 4 rings (SSSR count). The molecule has 12 heteroatoms. The lowest BCUT2D eigenvalue weighted by atomic mass is 10.2. The molecule has 0 amide bonds. The van der Waals surface area contributed by atoms with Gasteiger partial charge in [0.05, 0.1) is 31.6 Å². The molecule has 0 saturated carbocycles. The predicted molar refractivity (Wildman–Crippen MR) is 101 cm³/mol. The SMILES string of the molecule is FC(F)(F)c1ccc2nc(SSc3nc4ccc(C(F)(F)F)cc4s3)sc2c1. The maximum atomic E-state index is 12.8. The van der Waals surface area contributed by atoms with Crippen molar-refractivity contribution in [2.45, 2.75) is 21.0 Å². The van der Waals surface area contributed by atoms with E-state index in [1.807, 2.05) is 0 Å². The first-order valence-electron chi connectivity index (χ1n) is 7.40. The number of benzene rings is 2. The Morgan fingerprint density at radius 3 is 1.39 bits per heavy atom. The lowest BCUT2D eigenvalue weighted by Gasteiger charge is -2.04. The maximum absolute atomic E-state index is 12.8. The van der Waals surface area contributed by atoms with Crippen molar-refractivity contribution < 1.29 is 26.3 Å². The standard InChI is InChI=1S/C16H6F6N2S4/c17-15(18,19)7-1-3-9-11(5-7)25-13(23-9)27-28-14-24-10-4-2-8(16(20,21)22)6-12(10)26-14/h1-6H. The molecular weight excluding hydrogens is 462 g/mol. The van der Waals surface area contributed by atoms with Gasteiger partial charge >= 0.3 is 12.4 Å². The Hall–Kier alpha value is -1.50. The summed E-state index contributed by atoms with van der Waals surface area (Å²) in [6.07, 6.45) is -8.84. The number of thiazole rings is 2. The summed E-state index contributed by atoms with van der Waals surface area (Å²) in [5.41, 5.74) is -0.556. The number of halogens is 6. The Morgan fingerprint density at radius 1 is 0.643 bits per heavy atom. The molecule has 2 nitrogen and oxygen atoms in total. The van der Waals surface area contributed by atoms with Crippen LogP contribution in [0.2, 0.25) is 0 Å². The summed E-state index contributed by atoms with van der Waals surface area (Å²) in [5.74, 6) is 0. The molecule has 28 heavy (non-hydrogen) atoms. The second-order valence-electron chi connectivity index (χ2n) is 5.49. The average Bonchev–Trinajstić information content (AvgIpc) is 3.19. The van der Waals surface area contributed by atoms with Crippen molar-refractivity contribution in [1.29, 1.82) is 0 Å². The second-order valence-corrected chi connectivity index (χ2v) is 10.2. The van der Waals surface area contributed by atoms with Crippen molar-refractivity contribution >= 4 is 64.7 Å². The van der Waals surface area contributed by atoms with Crippen LogP contribution in [0, 0.1) is 0 Å². The van der Waals surface area contributed by atoms with E-state index in [0.717, 1.165) is 46.9 Å². The third kappa shape index (κ3) is 4.09. The normalized spacial score (nSPS) is 12.9. The minimum atomic E-state index is -4.42. The van der Waals surface area contributed by atoms with Gasteiger partial charge in [-0.2, -0.15) is 26.3 Å². The molecule has 0 aliphatic heterocycles. The Labute approximate surface area is 169 Å². The van der Waals surface area contributed by atoms with Crippen LogP contribution in [-0.2, 0) is 12.4 Å². The lowest BCUT2D eigenvalue weighted by molar-refractivity contribution is -0.138. The molecule has 0 spiro atoms. The minimum absolute atomic E-state index is 0.414. The molecule has 0 unspecified atom stereocenters. The molecule has 0 N–H and O–H groups in total. The molecule has 2 heterocycles. The van der Waals surface area contributed by atoms with E-state index in [-0.39, 0.29) is 0 Å². The molecule has 146 valence electrons. The number of hydrogen-bond donors (Lipinski definition) is 0. The van der Waals surface area contributed by atoms with Crippen LogP contribution in [-0.4, -0.2) is 9.97 Å². The van der Waals surface area contributed by atoms with Gasteiger partial charge < -0.3 is 0 Å². The van der Waals surface area contributed by atoms with E-state index in [1.165, 1.54) is 33.7 Å². The van der Waals surface area contributed by atoms with Crippen molar-refractivity contribution in [3.05, 3.63) is 47.5 Å². The van der Waals surface area contributed by atoms with Gasteiger partial charge in [0, 0.05) is 0 Å². The second kappa shape index (κ2) is 7.08. The average molecular weight is 468 g/mol. The van der Waals surface area contributed by atoms with Gasteiger partial charge in [-0.1, -0.05) is 0 Å². The molecule has 0 saturated heterocycles. The number of rotatable bonds is 3.